The van der Waals surface area contributed by atoms with E-state index in [9.17, 15) is 8.42 Å². The summed E-state index contributed by atoms with van der Waals surface area (Å²) in [6.07, 6.45) is 3.81. The van der Waals surface area contributed by atoms with Gasteiger partial charge < -0.3 is 0 Å². The third-order valence-electron chi connectivity index (χ3n) is 5.13. The fourth-order valence-electron chi connectivity index (χ4n) is 3.46. The van der Waals surface area contributed by atoms with E-state index in [2.05, 4.69) is 31.2 Å². The molecule has 0 atom stereocenters. The van der Waals surface area contributed by atoms with Crippen LogP contribution in [0.2, 0.25) is 0 Å². The maximum atomic E-state index is 12.8. The van der Waals surface area contributed by atoms with Gasteiger partial charge in [0.25, 0.3) is 0 Å². The van der Waals surface area contributed by atoms with Gasteiger partial charge in [0.15, 0.2) is 0 Å². The molecule has 1 saturated heterocycles. The molecule has 0 unspecified atom stereocenters. The Balaban J connectivity index is 1.49. The SMILES string of the molecule is Cc1ccc(Cc2nc(-c3ccc(S(=O)(=O)N4CCCCC4)cc3)cs2)cc1. The van der Waals surface area contributed by atoms with E-state index in [-0.39, 0.29) is 0 Å². The van der Waals surface area contributed by atoms with Gasteiger partial charge in [0, 0.05) is 30.5 Å². The summed E-state index contributed by atoms with van der Waals surface area (Å²) in [6.45, 7) is 3.33. The average molecular weight is 413 g/mol. The van der Waals surface area contributed by atoms with Gasteiger partial charge in [-0.05, 0) is 37.5 Å². The minimum Gasteiger partial charge on any atom is -0.241 e. The van der Waals surface area contributed by atoms with Gasteiger partial charge in [-0.2, -0.15) is 4.31 Å². The first kappa shape index (κ1) is 19.3. The van der Waals surface area contributed by atoms with Crippen molar-refractivity contribution in [1.82, 2.24) is 9.29 Å². The quantitative estimate of drug-likeness (QED) is 0.600. The fourth-order valence-corrected chi connectivity index (χ4v) is 5.81. The van der Waals surface area contributed by atoms with E-state index in [1.807, 2.05) is 17.5 Å². The number of aromatic nitrogens is 1. The predicted octanol–water partition coefficient (Wildman–Crippen LogP) is 4.88. The topological polar surface area (TPSA) is 50.3 Å². The summed E-state index contributed by atoms with van der Waals surface area (Å²) in [6, 6.07) is 15.6. The maximum absolute atomic E-state index is 12.8. The van der Waals surface area contributed by atoms with Crippen molar-refractivity contribution in [2.45, 2.75) is 37.5 Å². The van der Waals surface area contributed by atoms with Gasteiger partial charge in [-0.3, -0.25) is 0 Å². The molecule has 0 radical (unpaired) electrons. The van der Waals surface area contributed by atoms with Crippen molar-refractivity contribution in [3.8, 4) is 11.3 Å². The molecule has 2 aromatic carbocycles. The lowest BCUT2D eigenvalue weighted by molar-refractivity contribution is 0.346. The van der Waals surface area contributed by atoms with E-state index in [0.717, 1.165) is 41.9 Å². The van der Waals surface area contributed by atoms with E-state index in [4.69, 9.17) is 4.98 Å². The second kappa shape index (κ2) is 8.15. The molecule has 1 aromatic heterocycles. The second-order valence-electron chi connectivity index (χ2n) is 7.28. The lowest BCUT2D eigenvalue weighted by Crippen LogP contribution is -2.35. The summed E-state index contributed by atoms with van der Waals surface area (Å²) < 4.78 is 27.2. The number of benzene rings is 2. The van der Waals surface area contributed by atoms with Crippen LogP contribution in [0.1, 0.15) is 35.4 Å². The van der Waals surface area contributed by atoms with E-state index in [1.54, 1.807) is 27.8 Å². The van der Waals surface area contributed by atoms with Crippen LogP contribution in [0, 0.1) is 6.92 Å². The molecule has 0 saturated carbocycles. The van der Waals surface area contributed by atoms with Crippen LogP contribution in [0.15, 0.2) is 58.8 Å². The van der Waals surface area contributed by atoms with Crippen LogP contribution in [0.25, 0.3) is 11.3 Å². The summed E-state index contributed by atoms with van der Waals surface area (Å²) in [5.41, 5.74) is 4.34. The molecule has 3 aromatic rings. The molecule has 28 heavy (non-hydrogen) atoms. The Morgan fingerprint density at radius 3 is 2.32 bits per heavy atom. The van der Waals surface area contributed by atoms with Crippen LogP contribution < -0.4 is 0 Å². The number of aryl methyl sites for hydroxylation is 1. The van der Waals surface area contributed by atoms with E-state index >= 15 is 0 Å². The fraction of sp³-hybridized carbons (Fsp3) is 0.318. The summed E-state index contributed by atoms with van der Waals surface area (Å²) in [5, 5.41) is 3.10. The van der Waals surface area contributed by atoms with E-state index in [0.29, 0.717) is 18.0 Å². The Labute approximate surface area is 170 Å². The first-order chi connectivity index (χ1) is 13.5. The highest BCUT2D eigenvalue weighted by atomic mass is 32.2. The van der Waals surface area contributed by atoms with Crippen LogP contribution >= 0.6 is 11.3 Å². The van der Waals surface area contributed by atoms with Gasteiger partial charge >= 0.3 is 0 Å². The molecule has 4 nitrogen and oxygen atoms in total. The molecule has 0 bridgehead atoms. The smallest absolute Gasteiger partial charge is 0.241 e. The van der Waals surface area contributed by atoms with Gasteiger partial charge in [-0.15, -0.1) is 11.3 Å². The van der Waals surface area contributed by atoms with Crippen LogP contribution in [0.5, 0.6) is 0 Å². The van der Waals surface area contributed by atoms with Crippen LogP contribution in [-0.2, 0) is 16.4 Å². The highest BCUT2D eigenvalue weighted by Gasteiger charge is 2.25. The molecule has 0 aliphatic carbocycles. The van der Waals surface area contributed by atoms with Gasteiger partial charge in [0.05, 0.1) is 15.6 Å². The highest BCUT2D eigenvalue weighted by Crippen LogP contribution is 2.26. The minimum absolute atomic E-state index is 0.369. The Bertz CT molecular complexity index is 1030. The van der Waals surface area contributed by atoms with Crippen LogP contribution in [0.3, 0.4) is 0 Å². The Kier molecular flexibility index (Phi) is 5.62. The monoisotopic (exact) mass is 412 g/mol. The zero-order chi connectivity index (χ0) is 19.6. The Morgan fingerprint density at radius 1 is 0.964 bits per heavy atom. The van der Waals surface area contributed by atoms with Crippen LogP contribution in [0.4, 0.5) is 0 Å². The zero-order valence-electron chi connectivity index (χ0n) is 16.0. The molecule has 4 rings (SSSR count). The van der Waals surface area contributed by atoms with Crippen molar-refractivity contribution in [2.24, 2.45) is 0 Å². The molecule has 0 spiro atoms. The average Bonchev–Trinajstić information content (AvgIpc) is 3.19. The number of sulfonamides is 1. The molecule has 0 N–H and O–H groups in total. The standard InChI is InChI=1S/C22H24N2O2S2/c1-17-5-7-18(8-6-17)15-22-23-21(16-27-22)19-9-11-20(12-10-19)28(25,26)24-13-3-2-4-14-24/h5-12,16H,2-4,13-15H2,1H3. The van der Waals surface area contributed by atoms with Crippen molar-refractivity contribution in [2.75, 3.05) is 13.1 Å². The molecule has 0 amide bonds. The number of piperidine rings is 1. The van der Waals surface area contributed by atoms with Crippen LogP contribution in [-0.4, -0.2) is 30.8 Å². The Hall–Kier alpha value is -2.02. The van der Waals surface area contributed by atoms with Crippen molar-refractivity contribution in [3.05, 3.63) is 70.0 Å². The van der Waals surface area contributed by atoms with Gasteiger partial charge in [-0.1, -0.05) is 48.4 Å². The summed E-state index contributed by atoms with van der Waals surface area (Å²) in [7, 11) is -3.38. The zero-order valence-corrected chi connectivity index (χ0v) is 17.6. The largest absolute Gasteiger partial charge is 0.243 e. The van der Waals surface area contributed by atoms with Crippen molar-refractivity contribution < 1.29 is 8.42 Å². The molecular formula is C22H24N2O2S2. The molecule has 2 heterocycles. The third-order valence-corrected chi connectivity index (χ3v) is 7.89. The van der Waals surface area contributed by atoms with E-state index < -0.39 is 10.0 Å². The van der Waals surface area contributed by atoms with Gasteiger partial charge in [0.2, 0.25) is 10.0 Å². The molecular weight excluding hydrogens is 388 g/mol. The molecule has 1 aliphatic heterocycles. The number of rotatable bonds is 5. The predicted molar refractivity (Wildman–Crippen MR) is 114 cm³/mol. The Morgan fingerprint density at radius 2 is 1.64 bits per heavy atom. The minimum atomic E-state index is -3.38. The number of hydrogen-bond acceptors (Lipinski definition) is 4. The van der Waals surface area contributed by atoms with Gasteiger partial charge in [0.1, 0.15) is 0 Å². The molecule has 146 valence electrons. The molecule has 6 heteroatoms. The first-order valence-electron chi connectivity index (χ1n) is 9.63. The first-order valence-corrected chi connectivity index (χ1v) is 11.9. The normalized spacial score (nSPS) is 15.6. The molecule has 1 fully saturated rings. The summed E-state index contributed by atoms with van der Waals surface area (Å²) in [5.74, 6) is 0. The third kappa shape index (κ3) is 4.19. The van der Waals surface area contributed by atoms with Crippen molar-refractivity contribution in [1.29, 1.82) is 0 Å². The lowest BCUT2D eigenvalue weighted by Gasteiger charge is -2.25. The maximum Gasteiger partial charge on any atom is 0.243 e. The second-order valence-corrected chi connectivity index (χ2v) is 10.2. The van der Waals surface area contributed by atoms with Crippen molar-refractivity contribution >= 4 is 21.4 Å². The number of nitrogens with zero attached hydrogens (tertiary/aromatic N) is 2. The highest BCUT2D eigenvalue weighted by molar-refractivity contribution is 7.89. The number of hydrogen-bond donors (Lipinski definition) is 0. The lowest BCUT2D eigenvalue weighted by atomic mass is 10.1. The van der Waals surface area contributed by atoms with Gasteiger partial charge in [-0.25, -0.2) is 13.4 Å². The van der Waals surface area contributed by atoms with Crippen molar-refractivity contribution in [3.63, 3.8) is 0 Å². The van der Waals surface area contributed by atoms with E-state index in [1.165, 1.54) is 11.1 Å². The summed E-state index contributed by atoms with van der Waals surface area (Å²) in [4.78, 5) is 5.11. The number of thiazole rings is 1. The molecule has 1 aliphatic rings. The summed E-state index contributed by atoms with van der Waals surface area (Å²) >= 11 is 1.64.